The number of hydrogen-bond donors (Lipinski definition) is 1. The van der Waals surface area contributed by atoms with Gasteiger partial charge in [-0.1, -0.05) is 35.3 Å². The van der Waals surface area contributed by atoms with Gasteiger partial charge in [0.2, 0.25) is 0 Å². The van der Waals surface area contributed by atoms with Crippen LogP contribution in [0.1, 0.15) is 16.1 Å². The van der Waals surface area contributed by atoms with E-state index in [-0.39, 0.29) is 35.3 Å². The summed E-state index contributed by atoms with van der Waals surface area (Å²) in [6, 6.07) is 12.0. The van der Waals surface area contributed by atoms with E-state index >= 15 is 0 Å². The molecule has 0 saturated heterocycles. The van der Waals surface area contributed by atoms with Gasteiger partial charge in [0.25, 0.3) is 0 Å². The molecule has 1 heterocycles. The fourth-order valence-electron chi connectivity index (χ4n) is 2.53. The van der Waals surface area contributed by atoms with Crippen LogP contribution in [0.2, 0.25) is 10.0 Å². The number of phenols is 1. The van der Waals surface area contributed by atoms with Crippen LogP contribution in [0.15, 0.2) is 42.5 Å². The number of ether oxygens (including phenoxy) is 1. The van der Waals surface area contributed by atoms with Crippen LogP contribution in [0.25, 0.3) is 10.9 Å². The van der Waals surface area contributed by atoms with Crippen LogP contribution in [-0.4, -0.2) is 29.9 Å². The molecular weight excluding hydrogens is 388 g/mol. The van der Waals surface area contributed by atoms with Crippen molar-refractivity contribution < 1.29 is 49.3 Å². The van der Waals surface area contributed by atoms with E-state index in [4.69, 9.17) is 33.0 Å². The Bertz CT molecular complexity index is 912. The summed E-state index contributed by atoms with van der Waals surface area (Å²) >= 11 is 12.0. The number of aromatic hydroxyl groups is 1. The first kappa shape index (κ1) is 22.8. The van der Waals surface area contributed by atoms with Gasteiger partial charge >= 0.3 is 35.5 Å². The van der Waals surface area contributed by atoms with Gasteiger partial charge in [0.15, 0.2) is 0 Å². The molecule has 26 heavy (non-hydrogen) atoms. The van der Waals surface area contributed by atoms with Crippen molar-refractivity contribution in [3.63, 3.8) is 0 Å². The topological polar surface area (TPSA) is 74.5 Å². The molecule has 0 spiro atoms. The number of phenolic OH excluding ortho intramolecular Hbond substituents is 1. The van der Waals surface area contributed by atoms with E-state index in [2.05, 4.69) is 0 Å². The molecule has 0 bridgehead atoms. The summed E-state index contributed by atoms with van der Waals surface area (Å²) in [7, 11) is 2.07. The van der Waals surface area contributed by atoms with E-state index in [1.807, 2.05) is 12.1 Å². The van der Waals surface area contributed by atoms with Gasteiger partial charge in [0.1, 0.15) is 11.4 Å². The number of hydrogen-bond acceptors (Lipinski definition) is 4. The second-order valence-electron chi connectivity index (χ2n) is 5.07. The zero-order valence-electron chi connectivity index (χ0n) is 14.6. The van der Waals surface area contributed by atoms with E-state index in [0.717, 1.165) is 18.2 Å². The van der Waals surface area contributed by atoms with Gasteiger partial charge in [-0.3, -0.25) is 0 Å². The average Bonchev–Trinajstić information content (AvgIpc) is 2.99. The number of methoxy groups -OCH3 is 1. The third-order valence-corrected chi connectivity index (χ3v) is 4.38. The molecule has 132 valence electrons. The van der Waals surface area contributed by atoms with Crippen LogP contribution < -0.4 is 34.7 Å². The average molecular weight is 404 g/mol. The number of fused-ring (bicyclic) bond motifs is 1. The quantitative estimate of drug-likeness (QED) is 0.509. The molecule has 1 aromatic heterocycles. The molecular formula is C18H16Cl2NNaO4. The van der Waals surface area contributed by atoms with Crippen molar-refractivity contribution in [3.05, 3.63) is 63.8 Å². The van der Waals surface area contributed by atoms with Crippen molar-refractivity contribution in [1.82, 2.24) is 4.57 Å². The summed E-state index contributed by atoms with van der Waals surface area (Å²) < 4.78 is 6.62. The first-order chi connectivity index (χ1) is 12.0. The summed E-state index contributed by atoms with van der Waals surface area (Å²) in [4.78, 5) is 12.1. The van der Waals surface area contributed by atoms with E-state index in [0.29, 0.717) is 27.7 Å². The van der Waals surface area contributed by atoms with Crippen molar-refractivity contribution in [1.29, 1.82) is 0 Å². The first-order valence-electron chi connectivity index (χ1n) is 7.25. The third-order valence-electron chi connectivity index (χ3n) is 3.64. The van der Waals surface area contributed by atoms with E-state index in [1.165, 1.54) is 7.11 Å². The Hall–Kier alpha value is -1.21. The molecule has 0 radical (unpaired) electrons. The van der Waals surface area contributed by atoms with Crippen LogP contribution in [0.5, 0.6) is 5.75 Å². The van der Waals surface area contributed by atoms with Gasteiger partial charge in [-0.2, -0.15) is 7.11 Å². The fourth-order valence-corrected chi connectivity index (χ4v) is 2.85. The zero-order chi connectivity index (χ0) is 18.6. The van der Waals surface area contributed by atoms with Gasteiger partial charge in [-0.05, 0) is 35.9 Å². The molecule has 5 nitrogen and oxygen atoms in total. The summed E-state index contributed by atoms with van der Waals surface area (Å²) in [5.74, 6) is -0.360. The minimum atomic E-state index is -0.472. The standard InChI is InChI=1S/C17H13Cl2NO3.CH3O.Na/c1-23-17(22)15-8-11-14(3-2-4-16(11)21)20(15)9-10-5-6-12(18)13(19)7-10;1-2;/h2-8,21H,9H2,1H3;1H3;/q;-1;+1. The number of nitrogens with zero attached hydrogens (tertiary/aromatic N) is 1. The van der Waals surface area contributed by atoms with Gasteiger partial charge < -0.3 is 19.5 Å². The van der Waals surface area contributed by atoms with Crippen LogP contribution >= 0.6 is 23.2 Å². The van der Waals surface area contributed by atoms with Crippen molar-refractivity contribution in [2.45, 2.75) is 6.54 Å². The minimum absolute atomic E-state index is 0. The largest absolute Gasteiger partial charge is 1.00 e. The van der Waals surface area contributed by atoms with Crippen molar-refractivity contribution in [3.8, 4) is 5.75 Å². The number of halogens is 2. The van der Waals surface area contributed by atoms with Crippen molar-refractivity contribution in [2.75, 3.05) is 14.2 Å². The number of carbonyl (C=O) groups excluding carboxylic acids is 1. The number of esters is 1. The maximum absolute atomic E-state index is 12.1. The summed E-state index contributed by atoms with van der Waals surface area (Å²) in [6.07, 6.45) is 0. The van der Waals surface area contributed by atoms with Crippen LogP contribution in [-0.2, 0) is 11.3 Å². The molecule has 3 aromatic rings. The maximum atomic E-state index is 12.1. The predicted molar refractivity (Wildman–Crippen MR) is 96.4 cm³/mol. The first-order valence-corrected chi connectivity index (χ1v) is 8.01. The molecule has 0 aliphatic heterocycles. The third kappa shape index (κ3) is 4.74. The van der Waals surface area contributed by atoms with E-state index in [1.54, 1.807) is 34.9 Å². The fraction of sp³-hybridized carbons (Fsp3) is 0.167. The van der Waals surface area contributed by atoms with E-state index in [9.17, 15) is 9.90 Å². The molecule has 0 saturated carbocycles. The second kappa shape index (κ2) is 10.2. The summed E-state index contributed by atoms with van der Waals surface area (Å²) in [6.45, 7) is 0.397. The summed E-state index contributed by atoms with van der Waals surface area (Å²) in [5, 5.41) is 19.8. The number of benzene rings is 2. The monoisotopic (exact) mass is 403 g/mol. The Morgan fingerprint density at radius 1 is 1.15 bits per heavy atom. The molecule has 1 N–H and O–H groups in total. The van der Waals surface area contributed by atoms with Crippen LogP contribution in [0.4, 0.5) is 0 Å². The maximum Gasteiger partial charge on any atom is 1.00 e. The van der Waals surface area contributed by atoms with Crippen LogP contribution in [0.3, 0.4) is 0 Å². The number of carbonyl (C=O) groups is 1. The molecule has 3 rings (SSSR count). The number of rotatable bonds is 3. The Labute approximate surface area is 183 Å². The van der Waals surface area contributed by atoms with Crippen molar-refractivity contribution >= 4 is 40.1 Å². The van der Waals surface area contributed by atoms with Gasteiger partial charge in [-0.15, -0.1) is 0 Å². The molecule has 0 aliphatic carbocycles. The SMILES string of the molecule is COC(=O)c1cc2c(O)cccc2n1Cc1ccc(Cl)c(Cl)c1.C[O-].[Na+]. The Morgan fingerprint density at radius 3 is 2.46 bits per heavy atom. The predicted octanol–water partition coefficient (Wildman–Crippen LogP) is 0.469. The Morgan fingerprint density at radius 2 is 1.85 bits per heavy atom. The van der Waals surface area contributed by atoms with Crippen LogP contribution in [0, 0.1) is 0 Å². The molecule has 8 heteroatoms. The van der Waals surface area contributed by atoms with Crippen molar-refractivity contribution in [2.24, 2.45) is 0 Å². The normalized spacial score (nSPS) is 9.88. The molecule has 0 atom stereocenters. The molecule has 0 amide bonds. The molecule has 0 unspecified atom stereocenters. The minimum Gasteiger partial charge on any atom is -0.857 e. The number of aromatic nitrogens is 1. The molecule has 2 aromatic carbocycles. The molecule has 0 fully saturated rings. The Kier molecular flexibility index (Phi) is 8.96. The Balaban J connectivity index is 0.00000109. The smallest absolute Gasteiger partial charge is 0.857 e. The second-order valence-corrected chi connectivity index (χ2v) is 5.88. The summed E-state index contributed by atoms with van der Waals surface area (Å²) in [5.41, 5.74) is 1.97. The molecule has 0 aliphatic rings. The zero-order valence-corrected chi connectivity index (χ0v) is 18.1. The van der Waals surface area contributed by atoms with E-state index < -0.39 is 5.97 Å². The van der Waals surface area contributed by atoms with Gasteiger partial charge in [0.05, 0.1) is 22.7 Å². The van der Waals surface area contributed by atoms with Gasteiger partial charge in [0, 0.05) is 11.9 Å². The van der Waals surface area contributed by atoms with Gasteiger partial charge in [-0.25, -0.2) is 4.79 Å².